The summed E-state index contributed by atoms with van der Waals surface area (Å²) in [6.45, 7) is 1.52. The number of hydrogen-bond acceptors (Lipinski definition) is 4. The van der Waals surface area contributed by atoms with Gasteiger partial charge in [-0.1, -0.05) is 12.1 Å². The van der Waals surface area contributed by atoms with Gasteiger partial charge in [0.1, 0.15) is 5.75 Å². The fraction of sp³-hybridized carbons (Fsp3) is 0.316. The highest BCUT2D eigenvalue weighted by molar-refractivity contribution is 7.92. The molecule has 0 radical (unpaired) electrons. The van der Waals surface area contributed by atoms with E-state index in [1.807, 2.05) is 4.90 Å². The Balaban J connectivity index is 1.77. The minimum Gasteiger partial charge on any atom is -0.495 e. The summed E-state index contributed by atoms with van der Waals surface area (Å²) in [5.41, 5.74) is 0.867. The van der Waals surface area contributed by atoms with Crippen molar-refractivity contribution in [3.8, 4) is 5.75 Å². The molecule has 0 spiro atoms. The van der Waals surface area contributed by atoms with Crippen molar-refractivity contribution in [3.05, 3.63) is 54.1 Å². The molecule has 138 valence electrons. The number of ether oxygens (including phenoxy) is 1. The van der Waals surface area contributed by atoms with Crippen LogP contribution in [0.25, 0.3) is 0 Å². The number of para-hydroxylation sites is 2. The lowest BCUT2D eigenvalue weighted by Gasteiger charge is -2.26. The van der Waals surface area contributed by atoms with Crippen LogP contribution in [0.1, 0.15) is 29.6 Å². The zero-order valence-electron chi connectivity index (χ0n) is 14.6. The van der Waals surface area contributed by atoms with E-state index in [2.05, 4.69) is 4.72 Å². The molecule has 1 amide bonds. The second-order valence-corrected chi connectivity index (χ2v) is 7.87. The molecule has 1 fully saturated rings. The van der Waals surface area contributed by atoms with Crippen LogP contribution in [0.4, 0.5) is 5.69 Å². The van der Waals surface area contributed by atoms with Crippen LogP contribution in [-0.2, 0) is 10.0 Å². The van der Waals surface area contributed by atoms with Crippen molar-refractivity contribution >= 4 is 21.6 Å². The number of nitrogens with zero attached hydrogens (tertiary/aromatic N) is 1. The zero-order chi connectivity index (χ0) is 18.6. The quantitative estimate of drug-likeness (QED) is 0.872. The molecule has 0 unspecified atom stereocenters. The van der Waals surface area contributed by atoms with Crippen LogP contribution in [0.5, 0.6) is 5.75 Å². The Bertz CT molecular complexity index is 873. The number of amides is 1. The molecule has 1 aliphatic rings. The number of methoxy groups -OCH3 is 1. The van der Waals surface area contributed by atoms with Crippen LogP contribution in [-0.4, -0.2) is 39.4 Å². The van der Waals surface area contributed by atoms with Crippen LogP contribution in [0.3, 0.4) is 0 Å². The van der Waals surface area contributed by atoms with Crippen LogP contribution >= 0.6 is 0 Å². The third kappa shape index (κ3) is 3.99. The van der Waals surface area contributed by atoms with Gasteiger partial charge in [-0.3, -0.25) is 9.52 Å². The normalized spacial score (nSPS) is 14.7. The second kappa shape index (κ2) is 7.78. The molecule has 1 N–H and O–H groups in total. The fourth-order valence-electron chi connectivity index (χ4n) is 2.99. The number of likely N-dealkylation sites (tertiary alicyclic amines) is 1. The number of carbonyl (C=O) groups excluding carboxylic acids is 1. The number of hydrogen-bond donors (Lipinski definition) is 1. The molecule has 3 rings (SSSR count). The molecular formula is C19H22N2O4S. The van der Waals surface area contributed by atoms with Crippen LogP contribution < -0.4 is 9.46 Å². The number of benzene rings is 2. The van der Waals surface area contributed by atoms with Gasteiger partial charge in [0, 0.05) is 18.7 Å². The summed E-state index contributed by atoms with van der Waals surface area (Å²) in [4.78, 5) is 14.4. The molecule has 0 bridgehead atoms. The zero-order valence-corrected chi connectivity index (χ0v) is 15.5. The van der Waals surface area contributed by atoms with Crippen LogP contribution in [0, 0.1) is 0 Å². The summed E-state index contributed by atoms with van der Waals surface area (Å²) in [5.74, 6) is 0.388. The molecule has 1 aliphatic heterocycles. The standard InChI is InChI=1S/C19H22N2O4S/c1-25-18-8-4-3-7-17(18)20-26(23,24)16-11-9-15(10-12-16)19(22)21-13-5-2-6-14-21/h3-4,7-12,20H,2,5-6,13-14H2,1H3. The number of piperidine rings is 1. The lowest BCUT2D eigenvalue weighted by molar-refractivity contribution is 0.0724. The predicted molar refractivity (Wildman–Crippen MR) is 100.0 cm³/mol. The van der Waals surface area contributed by atoms with E-state index in [4.69, 9.17) is 4.74 Å². The van der Waals surface area contributed by atoms with Gasteiger partial charge in [-0.05, 0) is 55.7 Å². The Morgan fingerprint density at radius 2 is 1.65 bits per heavy atom. The first-order valence-corrected chi connectivity index (χ1v) is 10.0. The van der Waals surface area contributed by atoms with Crippen molar-refractivity contribution in [1.29, 1.82) is 0 Å². The maximum absolute atomic E-state index is 12.6. The van der Waals surface area contributed by atoms with Gasteiger partial charge in [0.2, 0.25) is 0 Å². The van der Waals surface area contributed by atoms with Gasteiger partial charge in [-0.2, -0.15) is 0 Å². The lowest BCUT2D eigenvalue weighted by atomic mass is 10.1. The molecule has 7 heteroatoms. The summed E-state index contributed by atoms with van der Waals surface area (Å²) in [5, 5.41) is 0. The van der Waals surface area contributed by atoms with E-state index < -0.39 is 10.0 Å². The smallest absolute Gasteiger partial charge is 0.262 e. The van der Waals surface area contributed by atoms with E-state index in [1.54, 1.807) is 36.4 Å². The van der Waals surface area contributed by atoms with Crippen molar-refractivity contribution < 1.29 is 17.9 Å². The third-order valence-corrected chi connectivity index (χ3v) is 5.79. The number of anilines is 1. The highest BCUT2D eigenvalue weighted by Gasteiger charge is 2.20. The Hall–Kier alpha value is -2.54. The third-order valence-electron chi connectivity index (χ3n) is 4.41. The number of carbonyl (C=O) groups is 1. The highest BCUT2D eigenvalue weighted by atomic mass is 32.2. The topological polar surface area (TPSA) is 75.7 Å². The molecule has 2 aromatic rings. The van der Waals surface area contributed by atoms with Crippen LogP contribution in [0.15, 0.2) is 53.4 Å². The number of rotatable bonds is 5. The largest absolute Gasteiger partial charge is 0.495 e. The number of sulfonamides is 1. The Labute approximate surface area is 153 Å². The summed E-state index contributed by atoms with van der Waals surface area (Å²) in [6, 6.07) is 12.8. The molecule has 26 heavy (non-hydrogen) atoms. The van der Waals surface area contributed by atoms with E-state index in [0.29, 0.717) is 17.0 Å². The molecule has 0 aromatic heterocycles. The molecule has 2 aromatic carbocycles. The predicted octanol–water partition coefficient (Wildman–Crippen LogP) is 3.12. The SMILES string of the molecule is COc1ccccc1NS(=O)(=O)c1ccc(C(=O)N2CCCCC2)cc1. The van der Waals surface area contributed by atoms with E-state index in [0.717, 1.165) is 32.4 Å². The second-order valence-electron chi connectivity index (χ2n) is 6.18. The minimum atomic E-state index is -3.77. The molecule has 6 nitrogen and oxygen atoms in total. The maximum Gasteiger partial charge on any atom is 0.262 e. The van der Waals surface area contributed by atoms with Crippen molar-refractivity contribution in [3.63, 3.8) is 0 Å². The Morgan fingerprint density at radius 1 is 1.00 bits per heavy atom. The summed E-state index contributed by atoms with van der Waals surface area (Å²) in [7, 11) is -2.29. The average Bonchev–Trinajstić information content (AvgIpc) is 2.68. The van der Waals surface area contributed by atoms with Crippen molar-refractivity contribution in [2.45, 2.75) is 24.2 Å². The van der Waals surface area contributed by atoms with Crippen molar-refractivity contribution in [1.82, 2.24) is 4.90 Å². The summed E-state index contributed by atoms with van der Waals surface area (Å²) < 4.78 is 32.9. The average molecular weight is 374 g/mol. The van der Waals surface area contributed by atoms with Gasteiger partial charge in [0.15, 0.2) is 0 Å². The molecular weight excluding hydrogens is 352 g/mol. The summed E-state index contributed by atoms with van der Waals surface area (Å²) in [6.07, 6.45) is 3.18. The first kappa shape index (κ1) is 18.3. The number of nitrogens with one attached hydrogen (secondary N) is 1. The first-order chi connectivity index (χ1) is 12.5. The fourth-order valence-corrected chi connectivity index (χ4v) is 4.06. The van der Waals surface area contributed by atoms with Gasteiger partial charge < -0.3 is 9.64 Å². The summed E-state index contributed by atoms with van der Waals surface area (Å²) >= 11 is 0. The van der Waals surface area contributed by atoms with Gasteiger partial charge in [0.25, 0.3) is 15.9 Å². The molecule has 0 atom stereocenters. The van der Waals surface area contributed by atoms with Crippen molar-refractivity contribution in [2.24, 2.45) is 0 Å². The molecule has 0 saturated carbocycles. The van der Waals surface area contributed by atoms with Crippen molar-refractivity contribution in [2.75, 3.05) is 24.9 Å². The molecule has 1 heterocycles. The lowest BCUT2D eigenvalue weighted by Crippen LogP contribution is -2.35. The van der Waals surface area contributed by atoms with Crippen LogP contribution in [0.2, 0.25) is 0 Å². The van der Waals surface area contributed by atoms with Gasteiger partial charge >= 0.3 is 0 Å². The molecule has 1 saturated heterocycles. The van der Waals surface area contributed by atoms with Gasteiger partial charge in [-0.25, -0.2) is 8.42 Å². The Morgan fingerprint density at radius 3 is 2.31 bits per heavy atom. The highest BCUT2D eigenvalue weighted by Crippen LogP contribution is 2.26. The Kier molecular flexibility index (Phi) is 5.46. The maximum atomic E-state index is 12.6. The monoisotopic (exact) mass is 374 g/mol. The molecule has 0 aliphatic carbocycles. The van der Waals surface area contributed by atoms with E-state index in [-0.39, 0.29) is 10.8 Å². The first-order valence-electron chi connectivity index (χ1n) is 8.56. The van der Waals surface area contributed by atoms with Gasteiger partial charge in [0.05, 0.1) is 17.7 Å². The van der Waals surface area contributed by atoms with E-state index in [9.17, 15) is 13.2 Å². The van der Waals surface area contributed by atoms with E-state index in [1.165, 1.54) is 19.2 Å². The van der Waals surface area contributed by atoms with Gasteiger partial charge in [-0.15, -0.1) is 0 Å². The minimum absolute atomic E-state index is 0.0497. The van der Waals surface area contributed by atoms with E-state index >= 15 is 0 Å².